The van der Waals surface area contributed by atoms with Gasteiger partial charge in [-0.15, -0.1) is 0 Å². The zero-order valence-electron chi connectivity index (χ0n) is 15.5. The van der Waals surface area contributed by atoms with E-state index in [1.54, 1.807) is 0 Å². The number of hydrogen-bond acceptors (Lipinski definition) is 3. The first-order valence-electron chi connectivity index (χ1n) is 9.36. The molecule has 3 rings (SSSR count). The van der Waals surface area contributed by atoms with Gasteiger partial charge >= 0.3 is 0 Å². The molecule has 5 nitrogen and oxygen atoms in total. The highest BCUT2D eigenvalue weighted by Gasteiger charge is 2.34. The van der Waals surface area contributed by atoms with Gasteiger partial charge in [0.05, 0.1) is 6.54 Å². The van der Waals surface area contributed by atoms with E-state index in [0.717, 1.165) is 50.3 Å². The highest BCUT2D eigenvalue weighted by molar-refractivity contribution is 5.94. The van der Waals surface area contributed by atoms with Crippen LogP contribution in [0.3, 0.4) is 0 Å². The van der Waals surface area contributed by atoms with Gasteiger partial charge in [0, 0.05) is 37.8 Å². The quantitative estimate of drug-likeness (QED) is 0.894. The Bertz CT molecular complexity index is 644. The molecule has 25 heavy (non-hydrogen) atoms. The molecule has 2 amide bonds. The second-order valence-corrected chi connectivity index (χ2v) is 7.62. The average Bonchev–Trinajstić information content (AvgIpc) is 3.41. The number of benzene rings is 1. The van der Waals surface area contributed by atoms with Crippen molar-refractivity contribution >= 4 is 17.5 Å². The van der Waals surface area contributed by atoms with Gasteiger partial charge in [-0.1, -0.05) is 32.0 Å². The zero-order valence-corrected chi connectivity index (χ0v) is 15.5. The molecule has 5 heteroatoms. The van der Waals surface area contributed by atoms with Crippen molar-refractivity contribution in [1.82, 2.24) is 9.80 Å². The molecular formula is C20H29N3O2. The highest BCUT2D eigenvalue weighted by atomic mass is 16.2. The summed E-state index contributed by atoms with van der Waals surface area (Å²) in [6, 6.07) is 6.15. The van der Waals surface area contributed by atoms with Crippen molar-refractivity contribution in [1.29, 1.82) is 0 Å². The van der Waals surface area contributed by atoms with Crippen LogP contribution in [0.1, 0.15) is 43.7 Å². The third-order valence-corrected chi connectivity index (χ3v) is 5.17. The van der Waals surface area contributed by atoms with Crippen molar-refractivity contribution < 1.29 is 9.59 Å². The van der Waals surface area contributed by atoms with Gasteiger partial charge in [0.15, 0.2) is 0 Å². The van der Waals surface area contributed by atoms with Gasteiger partial charge in [-0.05, 0) is 36.8 Å². The van der Waals surface area contributed by atoms with E-state index in [0.29, 0.717) is 18.4 Å². The Labute approximate surface area is 150 Å². The summed E-state index contributed by atoms with van der Waals surface area (Å²) in [5.74, 6) is 0.987. The normalized spacial score (nSPS) is 18.5. The summed E-state index contributed by atoms with van der Waals surface area (Å²) in [7, 11) is 0. The van der Waals surface area contributed by atoms with E-state index in [4.69, 9.17) is 0 Å². The number of piperazine rings is 1. The fraction of sp³-hybridized carbons (Fsp3) is 0.600. The summed E-state index contributed by atoms with van der Waals surface area (Å²) in [6.07, 6.45) is 2.10. The zero-order chi connectivity index (χ0) is 18.0. The molecule has 136 valence electrons. The highest BCUT2D eigenvalue weighted by Crippen LogP contribution is 2.31. The number of nitrogens with zero attached hydrogens (tertiary/aromatic N) is 2. The Balaban J connectivity index is 1.53. The van der Waals surface area contributed by atoms with Crippen LogP contribution < -0.4 is 5.32 Å². The van der Waals surface area contributed by atoms with Crippen LogP contribution in [0.5, 0.6) is 0 Å². The first kappa shape index (κ1) is 17.9. The maximum absolute atomic E-state index is 12.5. The molecule has 2 fully saturated rings. The molecule has 0 aromatic heterocycles. The standard InChI is InChI=1S/C20H29N3O2/c1-14(2)17-6-4-5-15(3)19(17)21-18(24)13-22-9-11-23(12-10-22)20(25)16-7-8-16/h4-6,14,16H,7-13H2,1-3H3,(H,21,24). The van der Waals surface area contributed by atoms with Crippen LogP contribution in [-0.4, -0.2) is 54.3 Å². The summed E-state index contributed by atoms with van der Waals surface area (Å²) in [4.78, 5) is 28.7. The van der Waals surface area contributed by atoms with E-state index in [1.807, 2.05) is 24.0 Å². The first-order chi connectivity index (χ1) is 12.0. The van der Waals surface area contributed by atoms with E-state index in [1.165, 1.54) is 5.56 Å². The summed E-state index contributed by atoms with van der Waals surface area (Å²) in [5.41, 5.74) is 3.22. The lowest BCUT2D eigenvalue weighted by Crippen LogP contribution is -2.50. The molecule has 0 unspecified atom stereocenters. The summed E-state index contributed by atoms with van der Waals surface area (Å²) >= 11 is 0. The van der Waals surface area contributed by atoms with E-state index in [9.17, 15) is 9.59 Å². The second-order valence-electron chi connectivity index (χ2n) is 7.62. The molecule has 0 radical (unpaired) electrons. The Kier molecular flexibility index (Phi) is 5.42. The molecule has 0 bridgehead atoms. The molecule has 1 N–H and O–H groups in total. The third kappa shape index (κ3) is 4.40. The number of anilines is 1. The van der Waals surface area contributed by atoms with Gasteiger partial charge in [-0.25, -0.2) is 0 Å². The number of carbonyl (C=O) groups is 2. The van der Waals surface area contributed by atoms with E-state index in [2.05, 4.69) is 30.1 Å². The molecule has 0 atom stereocenters. The molecule has 1 saturated heterocycles. The number of aryl methyl sites for hydroxylation is 1. The fourth-order valence-electron chi connectivity index (χ4n) is 3.44. The molecule has 2 aliphatic rings. The van der Waals surface area contributed by atoms with Gasteiger partial charge in [0.1, 0.15) is 0 Å². The molecule has 1 aromatic carbocycles. The Morgan fingerprint density at radius 3 is 2.44 bits per heavy atom. The minimum Gasteiger partial charge on any atom is -0.340 e. The molecular weight excluding hydrogens is 314 g/mol. The molecule has 1 heterocycles. The van der Waals surface area contributed by atoms with E-state index in [-0.39, 0.29) is 11.8 Å². The van der Waals surface area contributed by atoms with Crippen LogP contribution in [-0.2, 0) is 9.59 Å². The SMILES string of the molecule is Cc1cccc(C(C)C)c1NC(=O)CN1CCN(C(=O)C2CC2)CC1. The lowest BCUT2D eigenvalue weighted by molar-refractivity contribution is -0.134. The predicted molar refractivity (Wildman–Crippen MR) is 99.6 cm³/mol. The number of amides is 2. The third-order valence-electron chi connectivity index (χ3n) is 5.17. The molecule has 1 aromatic rings. The number of nitrogens with one attached hydrogen (secondary N) is 1. The van der Waals surface area contributed by atoms with Gasteiger partial charge in [-0.2, -0.15) is 0 Å². The van der Waals surface area contributed by atoms with Gasteiger partial charge in [0.2, 0.25) is 11.8 Å². The van der Waals surface area contributed by atoms with E-state index >= 15 is 0 Å². The van der Waals surface area contributed by atoms with Crippen LogP contribution >= 0.6 is 0 Å². The van der Waals surface area contributed by atoms with Crippen LogP contribution in [0.15, 0.2) is 18.2 Å². The summed E-state index contributed by atoms with van der Waals surface area (Å²) in [6.45, 7) is 9.73. The Morgan fingerprint density at radius 1 is 1.16 bits per heavy atom. The van der Waals surface area contributed by atoms with Crippen LogP contribution in [0.4, 0.5) is 5.69 Å². The maximum atomic E-state index is 12.5. The topological polar surface area (TPSA) is 52.7 Å². The minimum absolute atomic E-state index is 0.0261. The largest absolute Gasteiger partial charge is 0.340 e. The Morgan fingerprint density at radius 2 is 1.84 bits per heavy atom. The molecule has 0 spiro atoms. The molecule has 1 aliphatic heterocycles. The summed E-state index contributed by atoms with van der Waals surface area (Å²) in [5, 5.41) is 3.11. The number of para-hydroxylation sites is 1. The fourth-order valence-corrected chi connectivity index (χ4v) is 3.44. The monoisotopic (exact) mass is 343 g/mol. The van der Waals surface area contributed by atoms with Crippen molar-refractivity contribution in [3.05, 3.63) is 29.3 Å². The number of rotatable bonds is 5. The van der Waals surface area contributed by atoms with Crippen LogP contribution in [0.25, 0.3) is 0 Å². The Hall–Kier alpha value is -1.88. The predicted octanol–water partition coefficient (Wildman–Crippen LogP) is 2.61. The van der Waals surface area contributed by atoms with E-state index < -0.39 is 0 Å². The van der Waals surface area contributed by atoms with Crippen molar-refractivity contribution in [2.75, 3.05) is 38.0 Å². The summed E-state index contributed by atoms with van der Waals surface area (Å²) < 4.78 is 0. The minimum atomic E-state index is 0.0261. The number of hydrogen-bond donors (Lipinski definition) is 1. The van der Waals surface area contributed by atoms with Gasteiger partial charge in [-0.3, -0.25) is 14.5 Å². The molecule has 1 saturated carbocycles. The molecule has 1 aliphatic carbocycles. The van der Waals surface area contributed by atoms with Crippen LogP contribution in [0.2, 0.25) is 0 Å². The smallest absolute Gasteiger partial charge is 0.238 e. The van der Waals surface area contributed by atoms with Gasteiger partial charge < -0.3 is 10.2 Å². The van der Waals surface area contributed by atoms with Gasteiger partial charge in [0.25, 0.3) is 0 Å². The average molecular weight is 343 g/mol. The van der Waals surface area contributed by atoms with Crippen molar-refractivity contribution in [2.45, 2.75) is 39.5 Å². The first-order valence-corrected chi connectivity index (χ1v) is 9.36. The van der Waals surface area contributed by atoms with Crippen molar-refractivity contribution in [2.24, 2.45) is 5.92 Å². The number of carbonyl (C=O) groups excluding carboxylic acids is 2. The van der Waals surface area contributed by atoms with Crippen molar-refractivity contribution in [3.8, 4) is 0 Å². The lowest BCUT2D eigenvalue weighted by atomic mass is 9.98. The maximum Gasteiger partial charge on any atom is 0.238 e. The van der Waals surface area contributed by atoms with Crippen LogP contribution in [0, 0.1) is 12.8 Å². The second kappa shape index (κ2) is 7.56. The van der Waals surface area contributed by atoms with Crippen molar-refractivity contribution in [3.63, 3.8) is 0 Å². The lowest BCUT2D eigenvalue weighted by Gasteiger charge is -2.34.